The zero-order valence-electron chi connectivity index (χ0n) is 11.0. The average Bonchev–Trinajstić information content (AvgIpc) is 3.10. The highest BCUT2D eigenvalue weighted by Gasteiger charge is 2.35. The fraction of sp³-hybridized carbons (Fsp3) is 0.167. The zero-order valence-corrected chi connectivity index (χ0v) is 11.0. The number of aromatic nitrogens is 5. The molecule has 0 amide bonds. The Balaban J connectivity index is 2.18. The lowest BCUT2D eigenvalue weighted by molar-refractivity contribution is -0.211. The minimum atomic E-state index is -4.68. The number of alkyl halides is 3. The van der Waals surface area contributed by atoms with Crippen molar-refractivity contribution >= 4 is 17.1 Å². The Morgan fingerprint density at radius 3 is 2.77 bits per heavy atom. The van der Waals surface area contributed by atoms with Crippen LogP contribution in [-0.4, -0.2) is 37.8 Å². The Hall–Kier alpha value is -2.91. The lowest BCUT2D eigenvalue weighted by Gasteiger charge is -2.08. The van der Waals surface area contributed by atoms with Crippen molar-refractivity contribution in [1.82, 2.24) is 24.7 Å². The highest BCUT2D eigenvalue weighted by Crippen LogP contribution is 2.29. The number of nitrogens with zero attached hydrogens (tertiary/aromatic N) is 4. The number of H-pyrrole nitrogens is 1. The van der Waals surface area contributed by atoms with Crippen LogP contribution in [0.15, 0.2) is 24.5 Å². The van der Waals surface area contributed by atoms with Gasteiger partial charge in [0, 0.05) is 6.20 Å². The van der Waals surface area contributed by atoms with Crippen molar-refractivity contribution in [3.05, 3.63) is 30.1 Å². The van der Waals surface area contributed by atoms with Gasteiger partial charge in [0.05, 0.1) is 24.4 Å². The summed E-state index contributed by atoms with van der Waals surface area (Å²) in [6.07, 6.45) is -2.36. The van der Waals surface area contributed by atoms with E-state index in [0.717, 1.165) is 12.3 Å². The van der Waals surface area contributed by atoms with Gasteiger partial charge in [0.1, 0.15) is 5.69 Å². The highest BCUT2D eigenvalue weighted by molar-refractivity contribution is 6.01. The number of pyridine rings is 1. The maximum atomic E-state index is 12.9. The highest BCUT2D eigenvalue weighted by atomic mass is 19.4. The third-order valence-corrected chi connectivity index (χ3v) is 2.92. The number of aromatic amines is 1. The van der Waals surface area contributed by atoms with E-state index < -0.39 is 12.3 Å². The van der Waals surface area contributed by atoms with Crippen LogP contribution >= 0.6 is 0 Å². The van der Waals surface area contributed by atoms with Crippen LogP contribution in [0.1, 0.15) is 10.4 Å². The van der Waals surface area contributed by atoms with E-state index in [-0.39, 0.29) is 32.9 Å². The molecule has 0 radical (unpaired) electrons. The molecule has 0 aromatic carbocycles. The van der Waals surface area contributed by atoms with Crippen molar-refractivity contribution < 1.29 is 22.7 Å². The van der Waals surface area contributed by atoms with Crippen molar-refractivity contribution in [1.29, 1.82) is 0 Å². The van der Waals surface area contributed by atoms with Gasteiger partial charge in [0.2, 0.25) is 0 Å². The molecule has 0 atom stereocenters. The molecule has 3 heterocycles. The van der Waals surface area contributed by atoms with Crippen LogP contribution in [0, 0.1) is 0 Å². The molecule has 0 unspecified atom stereocenters. The summed E-state index contributed by atoms with van der Waals surface area (Å²) in [5.41, 5.74) is 0.137. The molecule has 0 bridgehead atoms. The maximum Gasteiger partial charge on any atom is 0.505 e. The number of hydrogen-bond donors (Lipinski definition) is 1. The number of fused-ring (bicyclic) bond motifs is 1. The molecule has 0 saturated heterocycles. The summed E-state index contributed by atoms with van der Waals surface area (Å²) >= 11 is 0. The quantitative estimate of drug-likeness (QED) is 0.732. The number of imidazole rings is 1. The summed E-state index contributed by atoms with van der Waals surface area (Å²) < 4.78 is 43.0. The molecule has 3 aromatic rings. The predicted molar refractivity (Wildman–Crippen MR) is 67.7 cm³/mol. The molecule has 3 rings (SSSR count). The lowest BCUT2D eigenvalue weighted by atomic mass is 10.2. The number of halogens is 3. The van der Waals surface area contributed by atoms with Gasteiger partial charge in [-0.25, -0.2) is 14.8 Å². The maximum absolute atomic E-state index is 12.9. The Morgan fingerprint density at radius 2 is 2.09 bits per heavy atom. The third-order valence-electron chi connectivity index (χ3n) is 2.92. The SMILES string of the molecule is COC(=O)c1ccnc2nc(-c3ccnn3C(F)(F)F)[nH]c12. The summed E-state index contributed by atoms with van der Waals surface area (Å²) in [4.78, 5) is 22.2. The van der Waals surface area contributed by atoms with Crippen LogP contribution in [0.5, 0.6) is 0 Å². The second-order valence-corrected chi connectivity index (χ2v) is 4.23. The van der Waals surface area contributed by atoms with E-state index in [9.17, 15) is 18.0 Å². The molecule has 0 aliphatic heterocycles. The molecule has 0 fully saturated rings. The van der Waals surface area contributed by atoms with E-state index in [4.69, 9.17) is 0 Å². The van der Waals surface area contributed by atoms with Crippen molar-refractivity contribution in [3.8, 4) is 11.5 Å². The van der Waals surface area contributed by atoms with Gasteiger partial charge in [-0.1, -0.05) is 0 Å². The number of ether oxygens (including phenoxy) is 1. The number of methoxy groups -OCH3 is 1. The minimum absolute atomic E-state index is 0.103. The van der Waals surface area contributed by atoms with Gasteiger partial charge in [0.15, 0.2) is 11.5 Å². The normalized spacial score (nSPS) is 11.8. The average molecular weight is 311 g/mol. The summed E-state index contributed by atoms with van der Waals surface area (Å²) in [5, 5.41) is 3.23. The summed E-state index contributed by atoms with van der Waals surface area (Å²) in [5.74, 6) is -0.749. The van der Waals surface area contributed by atoms with Crippen LogP contribution in [0.2, 0.25) is 0 Å². The lowest BCUT2D eigenvalue weighted by Crippen LogP contribution is -2.19. The topological polar surface area (TPSA) is 85.7 Å². The van der Waals surface area contributed by atoms with E-state index in [2.05, 4.69) is 24.8 Å². The minimum Gasteiger partial charge on any atom is -0.465 e. The summed E-state index contributed by atoms with van der Waals surface area (Å²) in [7, 11) is 1.20. The van der Waals surface area contributed by atoms with Gasteiger partial charge >= 0.3 is 12.3 Å². The number of carbonyl (C=O) groups is 1. The fourth-order valence-corrected chi connectivity index (χ4v) is 2.00. The van der Waals surface area contributed by atoms with E-state index in [1.165, 1.54) is 19.4 Å². The Morgan fingerprint density at radius 1 is 1.32 bits per heavy atom. The van der Waals surface area contributed by atoms with Crippen molar-refractivity contribution in [2.45, 2.75) is 6.30 Å². The largest absolute Gasteiger partial charge is 0.505 e. The van der Waals surface area contributed by atoms with Crippen LogP contribution in [0.25, 0.3) is 22.7 Å². The molecule has 1 N–H and O–H groups in total. The first kappa shape index (κ1) is 14.0. The molecule has 0 spiro atoms. The molecule has 3 aromatic heterocycles. The molecule has 114 valence electrons. The number of nitrogens with one attached hydrogen (secondary N) is 1. The van der Waals surface area contributed by atoms with E-state index >= 15 is 0 Å². The predicted octanol–water partition coefficient (Wildman–Crippen LogP) is 2.08. The standard InChI is InChI=1S/C12H8F3N5O2/c1-22-11(21)6-2-4-16-10-8(6)18-9(19-10)7-3-5-17-20(7)12(13,14)15/h2-5H,1H3,(H,16,18,19). The van der Waals surface area contributed by atoms with Crippen LogP contribution in [-0.2, 0) is 11.0 Å². The number of hydrogen-bond acceptors (Lipinski definition) is 5. The van der Waals surface area contributed by atoms with Gasteiger partial charge in [-0.3, -0.25) is 0 Å². The first-order valence-corrected chi connectivity index (χ1v) is 5.96. The van der Waals surface area contributed by atoms with Gasteiger partial charge in [0.25, 0.3) is 0 Å². The van der Waals surface area contributed by atoms with Crippen molar-refractivity contribution in [3.63, 3.8) is 0 Å². The Bertz CT molecular complexity index is 852. The van der Waals surface area contributed by atoms with Gasteiger partial charge < -0.3 is 9.72 Å². The number of carbonyl (C=O) groups excluding carboxylic acids is 1. The van der Waals surface area contributed by atoms with Crippen LogP contribution in [0.3, 0.4) is 0 Å². The molecule has 0 saturated carbocycles. The molecular formula is C12H8F3N5O2. The van der Waals surface area contributed by atoms with Crippen molar-refractivity contribution in [2.24, 2.45) is 0 Å². The smallest absolute Gasteiger partial charge is 0.465 e. The second kappa shape index (κ2) is 4.83. The van der Waals surface area contributed by atoms with Gasteiger partial charge in [-0.15, -0.1) is 13.2 Å². The first-order chi connectivity index (χ1) is 10.4. The zero-order chi connectivity index (χ0) is 15.9. The molecular weight excluding hydrogens is 303 g/mol. The fourth-order valence-electron chi connectivity index (χ4n) is 2.00. The molecule has 0 aliphatic rings. The van der Waals surface area contributed by atoms with Crippen LogP contribution < -0.4 is 0 Å². The summed E-state index contributed by atoms with van der Waals surface area (Å²) in [6.45, 7) is 0. The molecule has 7 nitrogen and oxygen atoms in total. The number of esters is 1. The van der Waals surface area contributed by atoms with E-state index in [1.807, 2.05) is 0 Å². The van der Waals surface area contributed by atoms with Crippen LogP contribution in [0.4, 0.5) is 13.2 Å². The van der Waals surface area contributed by atoms with E-state index in [1.54, 1.807) is 0 Å². The molecule has 22 heavy (non-hydrogen) atoms. The third kappa shape index (κ3) is 2.18. The number of rotatable bonds is 2. The molecule has 10 heteroatoms. The van der Waals surface area contributed by atoms with Gasteiger partial charge in [-0.2, -0.15) is 9.78 Å². The summed E-state index contributed by atoms with van der Waals surface area (Å²) in [6, 6.07) is 2.54. The van der Waals surface area contributed by atoms with Crippen molar-refractivity contribution in [2.75, 3.05) is 7.11 Å². The second-order valence-electron chi connectivity index (χ2n) is 4.23. The Kier molecular flexibility index (Phi) is 3.08. The first-order valence-electron chi connectivity index (χ1n) is 5.96. The van der Waals surface area contributed by atoms with Gasteiger partial charge in [-0.05, 0) is 12.1 Å². The Labute approximate surface area is 120 Å². The monoisotopic (exact) mass is 311 g/mol. The molecule has 0 aliphatic carbocycles. The van der Waals surface area contributed by atoms with E-state index in [0.29, 0.717) is 0 Å².